The van der Waals surface area contributed by atoms with E-state index < -0.39 is 0 Å². The van der Waals surface area contributed by atoms with Crippen LogP contribution < -0.4 is 10.9 Å². The molecule has 0 aliphatic heterocycles. The average molecular weight is 319 g/mol. The Morgan fingerprint density at radius 2 is 2.09 bits per heavy atom. The molecular weight excluding hydrogens is 298 g/mol. The standard InChI is InChI=1S/C16H21N3O2S/c1-3-4-5-6-9-17-14(20)11-7-8-12-13(10-11)18-16(22)19(2)15(12)21/h7-8,10H,3-6,9H2,1-2H3,(H,17,20)(H,18,22). The zero-order chi connectivity index (χ0) is 16.1. The summed E-state index contributed by atoms with van der Waals surface area (Å²) < 4.78 is 1.72. The van der Waals surface area contributed by atoms with Crippen LogP contribution in [0.3, 0.4) is 0 Å². The number of carbonyl (C=O) groups is 1. The van der Waals surface area contributed by atoms with Gasteiger partial charge < -0.3 is 10.3 Å². The van der Waals surface area contributed by atoms with Gasteiger partial charge in [-0.1, -0.05) is 26.2 Å². The van der Waals surface area contributed by atoms with Crippen molar-refractivity contribution in [2.45, 2.75) is 32.6 Å². The zero-order valence-electron chi connectivity index (χ0n) is 12.9. The molecule has 2 aromatic rings. The highest BCUT2D eigenvalue weighted by Gasteiger charge is 2.08. The number of unbranched alkanes of at least 4 members (excludes halogenated alkanes) is 3. The van der Waals surface area contributed by atoms with Gasteiger partial charge in [-0.25, -0.2) is 0 Å². The minimum absolute atomic E-state index is 0.126. The van der Waals surface area contributed by atoms with Gasteiger partial charge in [-0.05, 0) is 36.8 Å². The molecule has 6 heteroatoms. The van der Waals surface area contributed by atoms with E-state index in [1.54, 1.807) is 25.2 Å². The van der Waals surface area contributed by atoms with Crippen molar-refractivity contribution in [3.63, 3.8) is 0 Å². The third-order valence-corrected chi connectivity index (χ3v) is 4.05. The summed E-state index contributed by atoms with van der Waals surface area (Å²) in [5, 5.41) is 3.42. The van der Waals surface area contributed by atoms with E-state index in [2.05, 4.69) is 17.2 Å². The monoisotopic (exact) mass is 319 g/mol. The number of rotatable bonds is 6. The van der Waals surface area contributed by atoms with Gasteiger partial charge in [-0.15, -0.1) is 0 Å². The molecule has 0 saturated heterocycles. The van der Waals surface area contributed by atoms with Crippen molar-refractivity contribution < 1.29 is 4.79 Å². The van der Waals surface area contributed by atoms with Gasteiger partial charge in [-0.2, -0.15) is 0 Å². The van der Waals surface area contributed by atoms with Crippen molar-refractivity contribution >= 4 is 29.0 Å². The van der Waals surface area contributed by atoms with Crippen LogP contribution in [0.4, 0.5) is 0 Å². The normalized spacial score (nSPS) is 10.8. The fraction of sp³-hybridized carbons (Fsp3) is 0.438. The molecule has 5 nitrogen and oxygen atoms in total. The average Bonchev–Trinajstić information content (AvgIpc) is 2.52. The Balaban J connectivity index is 2.16. The quantitative estimate of drug-likeness (QED) is 0.635. The molecule has 0 aliphatic carbocycles. The molecule has 0 bridgehead atoms. The van der Waals surface area contributed by atoms with Gasteiger partial charge in [0.05, 0.1) is 10.9 Å². The number of nitrogens with zero attached hydrogens (tertiary/aromatic N) is 1. The number of aromatic nitrogens is 2. The van der Waals surface area contributed by atoms with Gasteiger partial charge in [0.25, 0.3) is 11.5 Å². The van der Waals surface area contributed by atoms with Gasteiger partial charge in [0.15, 0.2) is 4.77 Å². The summed E-state index contributed by atoms with van der Waals surface area (Å²) >= 11 is 5.09. The lowest BCUT2D eigenvalue weighted by atomic mass is 10.1. The van der Waals surface area contributed by atoms with E-state index in [4.69, 9.17) is 12.2 Å². The predicted octanol–water partition coefficient (Wildman–Crippen LogP) is 2.91. The summed E-state index contributed by atoms with van der Waals surface area (Å²) in [6, 6.07) is 5.00. The number of nitrogens with one attached hydrogen (secondary N) is 2. The summed E-state index contributed by atoms with van der Waals surface area (Å²) in [6.07, 6.45) is 4.46. The number of fused-ring (bicyclic) bond motifs is 1. The van der Waals surface area contributed by atoms with Crippen molar-refractivity contribution in [1.29, 1.82) is 0 Å². The first-order chi connectivity index (χ1) is 10.5. The first-order valence-electron chi connectivity index (χ1n) is 7.56. The fourth-order valence-corrected chi connectivity index (χ4v) is 2.50. The molecule has 0 spiro atoms. The van der Waals surface area contributed by atoms with Gasteiger partial charge in [0.1, 0.15) is 0 Å². The molecule has 1 aromatic carbocycles. The second-order valence-electron chi connectivity index (χ2n) is 5.37. The third kappa shape index (κ3) is 3.62. The Labute approximate surface area is 134 Å². The van der Waals surface area contributed by atoms with Crippen molar-refractivity contribution in [3.05, 3.63) is 38.9 Å². The molecule has 1 amide bonds. The van der Waals surface area contributed by atoms with Crippen LogP contribution in [-0.4, -0.2) is 22.0 Å². The lowest BCUT2D eigenvalue weighted by Crippen LogP contribution is -2.25. The van der Waals surface area contributed by atoms with Crippen molar-refractivity contribution in [2.75, 3.05) is 6.54 Å². The Morgan fingerprint density at radius 1 is 1.32 bits per heavy atom. The van der Waals surface area contributed by atoms with Crippen LogP contribution in [0.15, 0.2) is 23.0 Å². The smallest absolute Gasteiger partial charge is 0.261 e. The van der Waals surface area contributed by atoms with Gasteiger partial charge in [0.2, 0.25) is 0 Å². The maximum absolute atomic E-state index is 12.1. The van der Waals surface area contributed by atoms with E-state index in [-0.39, 0.29) is 11.5 Å². The van der Waals surface area contributed by atoms with Crippen LogP contribution in [0.2, 0.25) is 0 Å². The van der Waals surface area contributed by atoms with E-state index in [0.29, 0.717) is 27.8 Å². The van der Waals surface area contributed by atoms with Crippen LogP contribution in [0.1, 0.15) is 43.0 Å². The topological polar surface area (TPSA) is 66.9 Å². The highest BCUT2D eigenvalue weighted by molar-refractivity contribution is 7.71. The van der Waals surface area contributed by atoms with E-state index in [9.17, 15) is 9.59 Å². The molecule has 1 heterocycles. The van der Waals surface area contributed by atoms with Crippen molar-refractivity contribution in [3.8, 4) is 0 Å². The molecule has 0 aliphatic rings. The second kappa shape index (κ2) is 7.35. The molecule has 118 valence electrons. The molecule has 0 saturated carbocycles. The van der Waals surface area contributed by atoms with E-state index in [1.807, 2.05) is 0 Å². The Hall–Kier alpha value is -1.95. The van der Waals surface area contributed by atoms with Crippen LogP contribution in [0.5, 0.6) is 0 Å². The maximum Gasteiger partial charge on any atom is 0.261 e. The van der Waals surface area contributed by atoms with Gasteiger partial charge >= 0.3 is 0 Å². The van der Waals surface area contributed by atoms with Crippen molar-refractivity contribution in [2.24, 2.45) is 7.05 Å². The summed E-state index contributed by atoms with van der Waals surface area (Å²) in [6.45, 7) is 2.82. The molecule has 0 atom stereocenters. The van der Waals surface area contributed by atoms with Crippen LogP contribution in [0.25, 0.3) is 10.9 Å². The highest BCUT2D eigenvalue weighted by Crippen LogP contribution is 2.10. The minimum Gasteiger partial charge on any atom is -0.352 e. The molecule has 0 fully saturated rings. The summed E-state index contributed by atoms with van der Waals surface area (Å²) in [7, 11) is 1.62. The van der Waals surface area contributed by atoms with E-state index in [1.165, 1.54) is 17.4 Å². The third-order valence-electron chi connectivity index (χ3n) is 3.68. The molecule has 2 rings (SSSR count). The second-order valence-corrected chi connectivity index (χ2v) is 5.76. The van der Waals surface area contributed by atoms with Gasteiger partial charge in [-0.3, -0.25) is 14.2 Å². The number of amides is 1. The van der Waals surface area contributed by atoms with Crippen molar-refractivity contribution in [1.82, 2.24) is 14.9 Å². The largest absolute Gasteiger partial charge is 0.352 e. The lowest BCUT2D eigenvalue weighted by molar-refractivity contribution is 0.0953. The Kier molecular flexibility index (Phi) is 5.49. The first-order valence-corrected chi connectivity index (χ1v) is 7.96. The summed E-state index contributed by atoms with van der Waals surface area (Å²) in [5.74, 6) is -0.126. The number of aromatic amines is 1. The molecule has 1 aromatic heterocycles. The molecule has 0 unspecified atom stereocenters. The summed E-state index contributed by atoms with van der Waals surface area (Å²) in [4.78, 5) is 27.2. The maximum atomic E-state index is 12.1. The predicted molar refractivity (Wildman–Crippen MR) is 90.8 cm³/mol. The number of carbonyl (C=O) groups excluding carboxylic acids is 1. The number of hydrogen-bond acceptors (Lipinski definition) is 3. The molecule has 2 N–H and O–H groups in total. The zero-order valence-corrected chi connectivity index (χ0v) is 13.8. The van der Waals surface area contributed by atoms with Crippen LogP contribution >= 0.6 is 12.2 Å². The SMILES string of the molecule is CCCCCCNC(=O)c1ccc2c(=O)n(C)c(=S)[nH]c2c1. The summed E-state index contributed by atoms with van der Waals surface area (Å²) in [5.41, 5.74) is 0.957. The minimum atomic E-state index is -0.162. The van der Waals surface area contributed by atoms with Crippen LogP contribution in [0, 0.1) is 4.77 Å². The number of benzene rings is 1. The lowest BCUT2D eigenvalue weighted by Gasteiger charge is -2.07. The first kappa shape index (κ1) is 16.4. The molecular formula is C16H21N3O2S. The Morgan fingerprint density at radius 3 is 2.82 bits per heavy atom. The van der Waals surface area contributed by atoms with Gasteiger partial charge in [0, 0.05) is 19.2 Å². The highest BCUT2D eigenvalue weighted by atomic mass is 32.1. The fourth-order valence-electron chi connectivity index (χ4n) is 2.30. The molecule has 22 heavy (non-hydrogen) atoms. The number of hydrogen-bond donors (Lipinski definition) is 2. The number of H-pyrrole nitrogens is 1. The molecule has 0 radical (unpaired) electrons. The Bertz CT molecular complexity index is 792. The van der Waals surface area contributed by atoms with Crippen LogP contribution in [-0.2, 0) is 7.05 Å². The van der Waals surface area contributed by atoms with E-state index >= 15 is 0 Å². The van der Waals surface area contributed by atoms with E-state index in [0.717, 1.165) is 12.8 Å².